The summed E-state index contributed by atoms with van der Waals surface area (Å²) in [6.07, 6.45) is 2.84. The Hall–Kier alpha value is -2.85. The largest absolute Gasteiger partial charge is 0.482 e. The summed E-state index contributed by atoms with van der Waals surface area (Å²) >= 11 is 6.64. The SMILES string of the molecule is C=CCOc1c(C=Nn2c(C(C)C)nc3ccc(Br)cc3c2=O)cc(Br)cc1[N+](=O)[O-]. The molecular formula is C21H18Br2N4O4. The molecule has 0 aliphatic rings. The maximum Gasteiger partial charge on any atom is 0.312 e. The van der Waals surface area contributed by atoms with Crippen LogP contribution in [0.25, 0.3) is 10.9 Å². The van der Waals surface area contributed by atoms with Gasteiger partial charge in [0, 0.05) is 26.5 Å². The fraction of sp³-hybridized carbons (Fsp3) is 0.190. The van der Waals surface area contributed by atoms with Gasteiger partial charge in [0.25, 0.3) is 5.56 Å². The minimum atomic E-state index is -0.540. The molecule has 3 rings (SSSR count). The number of halogens is 2. The fourth-order valence-electron chi connectivity index (χ4n) is 2.90. The van der Waals surface area contributed by atoms with Crippen LogP contribution >= 0.6 is 31.9 Å². The molecule has 0 spiro atoms. The number of rotatable bonds is 7. The number of aromatic nitrogens is 2. The third-order valence-electron chi connectivity index (χ3n) is 4.27. The van der Waals surface area contributed by atoms with Gasteiger partial charge in [-0.25, -0.2) is 4.98 Å². The molecule has 1 aromatic heterocycles. The topological polar surface area (TPSA) is 99.6 Å². The van der Waals surface area contributed by atoms with Crippen molar-refractivity contribution in [3.63, 3.8) is 0 Å². The number of nitrogens with zero attached hydrogens (tertiary/aromatic N) is 4. The van der Waals surface area contributed by atoms with Crippen molar-refractivity contribution < 1.29 is 9.66 Å². The van der Waals surface area contributed by atoms with Crippen LogP contribution in [0, 0.1) is 10.1 Å². The Morgan fingerprint density at radius 1 is 1.29 bits per heavy atom. The molecular weight excluding hydrogens is 532 g/mol. The molecule has 0 fully saturated rings. The van der Waals surface area contributed by atoms with E-state index in [0.717, 1.165) is 4.47 Å². The molecule has 160 valence electrons. The molecule has 0 saturated heterocycles. The number of hydrogen-bond acceptors (Lipinski definition) is 6. The van der Waals surface area contributed by atoms with E-state index in [1.807, 2.05) is 19.9 Å². The lowest BCUT2D eigenvalue weighted by Gasteiger charge is -2.12. The minimum Gasteiger partial charge on any atom is -0.482 e. The quantitative estimate of drug-likeness (QED) is 0.170. The van der Waals surface area contributed by atoms with Crippen molar-refractivity contribution >= 4 is 54.7 Å². The van der Waals surface area contributed by atoms with Gasteiger partial charge in [-0.05, 0) is 24.3 Å². The highest BCUT2D eigenvalue weighted by molar-refractivity contribution is 9.10. The highest BCUT2D eigenvalue weighted by atomic mass is 79.9. The Labute approximate surface area is 194 Å². The van der Waals surface area contributed by atoms with Crippen molar-refractivity contribution in [2.75, 3.05) is 6.61 Å². The molecule has 0 aliphatic carbocycles. The third-order valence-corrected chi connectivity index (χ3v) is 5.22. The van der Waals surface area contributed by atoms with Crippen LogP contribution in [0.2, 0.25) is 0 Å². The Kier molecular flexibility index (Phi) is 7.01. The predicted octanol–water partition coefficient (Wildman–Crippen LogP) is 5.40. The van der Waals surface area contributed by atoms with Gasteiger partial charge in [-0.1, -0.05) is 58.4 Å². The third kappa shape index (κ3) is 4.91. The first-order chi connectivity index (χ1) is 14.7. The van der Waals surface area contributed by atoms with E-state index < -0.39 is 4.92 Å². The van der Waals surface area contributed by atoms with Gasteiger partial charge >= 0.3 is 5.69 Å². The Morgan fingerprint density at radius 2 is 2.03 bits per heavy atom. The smallest absolute Gasteiger partial charge is 0.312 e. The van der Waals surface area contributed by atoms with Gasteiger partial charge in [-0.2, -0.15) is 9.78 Å². The number of hydrogen-bond donors (Lipinski definition) is 0. The summed E-state index contributed by atoms with van der Waals surface area (Å²) in [6.45, 7) is 7.46. The molecule has 0 aliphatic heterocycles. The highest BCUT2D eigenvalue weighted by Gasteiger charge is 2.21. The van der Waals surface area contributed by atoms with Gasteiger partial charge in [0.2, 0.25) is 5.75 Å². The average molecular weight is 550 g/mol. The van der Waals surface area contributed by atoms with Crippen molar-refractivity contribution in [2.45, 2.75) is 19.8 Å². The average Bonchev–Trinajstić information content (AvgIpc) is 2.71. The summed E-state index contributed by atoms with van der Waals surface area (Å²) in [4.78, 5) is 28.7. The summed E-state index contributed by atoms with van der Waals surface area (Å²) in [6, 6.07) is 8.23. The molecule has 8 nitrogen and oxygen atoms in total. The zero-order valence-corrected chi connectivity index (χ0v) is 19.9. The molecule has 0 amide bonds. The van der Waals surface area contributed by atoms with Crippen molar-refractivity contribution in [3.05, 3.63) is 83.8 Å². The molecule has 0 saturated carbocycles. The molecule has 1 heterocycles. The monoisotopic (exact) mass is 548 g/mol. The zero-order valence-electron chi connectivity index (χ0n) is 16.7. The van der Waals surface area contributed by atoms with E-state index in [4.69, 9.17) is 4.74 Å². The molecule has 0 radical (unpaired) electrons. The second-order valence-electron chi connectivity index (χ2n) is 6.85. The number of fused-ring (bicyclic) bond motifs is 1. The van der Waals surface area contributed by atoms with Gasteiger partial charge in [0.1, 0.15) is 12.4 Å². The Balaban J connectivity index is 2.22. The molecule has 0 N–H and O–H groups in total. The van der Waals surface area contributed by atoms with Crippen molar-refractivity contribution in [1.29, 1.82) is 0 Å². The van der Waals surface area contributed by atoms with Crippen molar-refractivity contribution in [3.8, 4) is 5.75 Å². The van der Waals surface area contributed by atoms with E-state index in [1.54, 1.807) is 18.2 Å². The van der Waals surface area contributed by atoms with Crippen LogP contribution in [0.15, 0.2) is 61.8 Å². The van der Waals surface area contributed by atoms with Gasteiger partial charge in [0.05, 0.1) is 22.0 Å². The van der Waals surface area contributed by atoms with Crippen molar-refractivity contribution in [2.24, 2.45) is 5.10 Å². The van der Waals surface area contributed by atoms with E-state index in [0.29, 0.717) is 26.8 Å². The molecule has 0 bridgehead atoms. The van der Waals surface area contributed by atoms with Crippen LogP contribution in [0.4, 0.5) is 5.69 Å². The van der Waals surface area contributed by atoms with Crippen molar-refractivity contribution in [1.82, 2.24) is 9.66 Å². The zero-order chi connectivity index (χ0) is 22.7. The first-order valence-electron chi connectivity index (χ1n) is 9.21. The lowest BCUT2D eigenvalue weighted by molar-refractivity contribution is -0.385. The standard InChI is InChI=1S/C21H18Br2N4O4/c1-4-7-31-19-13(8-15(23)10-18(19)27(29)30)11-24-26-20(12(2)3)25-17-6-5-14(22)9-16(17)21(26)28/h4-6,8-12H,1,7H2,2-3H3. The van der Waals surface area contributed by atoms with E-state index >= 15 is 0 Å². The van der Waals surface area contributed by atoms with Crippen LogP contribution in [-0.2, 0) is 0 Å². The first-order valence-corrected chi connectivity index (χ1v) is 10.8. The van der Waals surface area contributed by atoms with Gasteiger partial charge in [0.15, 0.2) is 0 Å². The molecule has 10 heteroatoms. The molecule has 31 heavy (non-hydrogen) atoms. The van der Waals surface area contributed by atoms with Crippen LogP contribution < -0.4 is 10.3 Å². The number of nitro groups is 1. The van der Waals surface area contributed by atoms with Crippen LogP contribution in [0.3, 0.4) is 0 Å². The maximum atomic E-state index is 13.2. The maximum absolute atomic E-state index is 13.2. The normalized spacial score (nSPS) is 11.4. The van der Waals surface area contributed by atoms with Gasteiger partial charge < -0.3 is 4.74 Å². The molecule has 0 unspecified atom stereocenters. The van der Waals surface area contributed by atoms with Crippen LogP contribution in [0.5, 0.6) is 5.75 Å². The first kappa shape index (κ1) is 22.8. The summed E-state index contributed by atoms with van der Waals surface area (Å²) in [7, 11) is 0. The highest BCUT2D eigenvalue weighted by Crippen LogP contribution is 2.34. The molecule has 3 aromatic rings. The Bertz CT molecular complexity index is 1270. The minimum absolute atomic E-state index is 0.0347. The van der Waals surface area contributed by atoms with Crippen LogP contribution in [-0.4, -0.2) is 27.4 Å². The molecule has 0 atom stereocenters. The van der Waals surface area contributed by atoms with Gasteiger partial charge in [-0.15, -0.1) is 0 Å². The van der Waals surface area contributed by atoms with E-state index in [-0.39, 0.29) is 29.5 Å². The summed E-state index contributed by atoms with van der Waals surface area (Å²) in [5, 5.41) is 16.2. The van der Waals surface area contributed by atoms with E-state index in [9.17, 15) is 14.9 Å². The van der Waals surface area contributed by atoms with Crippen LogP contribution in [0.1, 0.15) is 31.2 Å². The lowest BCUT2D eigenvalue weighted by atomic mass is 10.2. The van der Waals surface area contributed by atoms with Gasteiger partial charge in [-0.3, -0.25) is 14.9 Å². The van der Waals surface area contributed by atoms with E-state index in [1.165, 1.54) is 23.0 Å². The number of ether oxygens (including phenoxy) is 1. The summed E-state index contributed by atoms with van der Waals surface area (Å²) < 4.78 is 7.97. The number of nitro benzene ring substituents is 1. The molecule has 2 aromatic carbocycles. The predicted molar refractivity (Wildman–Crippen MR) is 127 cm³/mol. The lowest BCUT2D eigenvalue weighted by Crippen LogP contribution is -2.23. The second-order valence-corrected chi connectivity index (χ2v) is 8.68. The number of benzene rings is 2. The summed E-state index contributed by atoms with van der Waals surface area (Å²) in [5.74, 6) is 0.410. The summed E-state index contributed by atoms with van der Waals surface area (Å²) in [5.41, 5.74) is 0.328. The van der Waals surface area contributed by atoms with E-state index in [2.05, 4.69) is 48.5 Å². The second kappa shape index (κ2) is 9.52. The Morgan fingerprint density at radius 3 is 2.68 bits per heavy atom. The fourth-order valence-corrected chi connectivity index (χ4v) is 3.73.